The Kier molecular flexibility index (Phi) is 5.20. The molecule has 3 rings (SSSR count). The van der Waals surface area contributed by atoms with E-state index in [-0.39, 0.29) is 15.6 Å². The Morgan fingerprint density at radius 1 is 1.08 bits per heavy atom. The molecular weight excluding hydrogens is 381 g/mol. The van der Waals surface area contributed by atoms with Crippen LogP contribution in [-0.2, 0) is 4.79 Å². The SMILES string of the molecule is COc1ccc(/C=C2\SC(=O)N(c3ccc(F)c(Cl)c3)C2=O)cc1OC. The normalized spacial score (nSPS) is 15.7. The smallest absolute Gasteiger partial charge is 0.298 e. The number of thioether (sulfide) groups is 1. The molecule has 0 unspecified atom stereocenters. The minimum absolute atomic E-state index is 0.162. The Balaban J connectivity index is 1.93. The molecule has 0 aromatic heterocycles. The fourth-order valence-corrected chi connectivity index (χ4v) is 3.42. The first kappa shape index (κ1) is 18.3. The van der Waals surface area contributed by atoms with Gasteiger partial charge in [0.15, 0.2) is 11.5 Å². The largest absolute Gasteiger partial charge is 0.493 e. The van der Waals surface area contributed by atoms with E-state index < -0.39 is 17.0 Å². The van der Waals surface area contributed by atoms with E-state index in [0.29, 0.717) is 17.1 Å². The molecule has 134 valence electrons. The third-order valence-corrected chi connectivity index (χ3v) is 4.82. The molecule has 0 radical (unpaired) electrons. The molecule has 2 aromatic rings. The number of ether oxygens (including phenoxy) is 2. The van der Waals surface area contributed by atoms with Gasteiger partial charge in [-0.15, -0.1) is 0 Å². The summed E-state index contributed by atoms with van der Waals surface area (Å²) < 4.78 is 23.7. The Morgan fingerprint density at radius 2 is 1.81 bits per heavy atom. The molecule has 1 saturated heterocycles. The van der Waals surface area contributed by atoms with Gasteiger partial charge < -0.3 is 9.47 Å². The molecule has 0 aliphatic carbocycles. The summed E-state index contributed by atoms with van der Waals surface area (Å²) in [6.45, 7) is 0. The van der Waals surface area contributed by atoms with Crippen molar-refractivity contribution in [1.82, 2.24) is 0 Å². The highest BCUT2D eigenvalue weighted by Crippen LogP contribution is 2.37. The Morgan fingerprint density at radius 3 is 2.46 bits per heavy atom. The van der Waals surface area contributed by atoms with E-state index in [0.717, 1.165) is 22.7 Å². The topological polar surface area (TPSA) is 55.8 Å². The standard InChI is InChI=1S/C18H13ClFNO4S/c1-24-14-6-3-10(7-15(14)25-2)8-16-17(22)21(18(23)26-16)11-4-5-13(20)12(19)9-11/h3-9H,1-2H3/b16-8-. The van der Waals surface area contributed by atoms with Gasteiger partial charge in [0, 0.05) is 0 Å². The highest BCUT2D eigenvalue weighted by molar-refractivity contribution is 8.19. The van der Waals surface area contributed by atoms with Crippen molar-refractivity contribution in [3.8, 4) is 11.5 Å². The maximum atomic E-state index is 13.3. The predicted molar refractivity (Wildman–Crippen MR) is 99.4 cm³/mol. The van der Waals surface area contributed by atoms with E-state index in [9.17, 15) is 14.0 Å². The number of hydrogen-bond donors (Lipinski definition) is 0. The van der Waals surface area contributed by atoms with E-state index in [1.165, 1.54) is 26.4 Å². The van der Waals surface area contributed by atoms with Crippen molar-refractivity contribution < 1.29 is 23.5 Å². The summed E-state index contributed by atoms with van der Waals surface area (Å²) in [6.07, 6.45) is 1.58. The van der Waals surface area contributed by atoms with Crippen molar-refractivity contribution in [2.45, 2.75) is 0 Å². The quantitative estimate of drug-likeness (QED) is 0.702. The van der Waals surface area contributed by atoms with Crippen LogP contribution in [0, 0.1) is 5.82 Å². The molecule has 2 aromatic carbocycles. The molecule has 5 nitrogen and oxygen atoms in total. The lowest BCUT2D eigenvalue weighted by molar-refractivity contribution is -0.113. The van der Waals surface area contributed by atoms with Gasteiger partial charge in [0.25, 0.3) is 11.1 Å². The number of halogens is 2. The van der Waals surface area contributed by atoms with Crippen LogP contribution in [0.2, 0.25) is 5.02 Å². The van der Waals surface area contributed by atoms with E-state index in [1.54, 1.807) is 24.3 Å². The number of benzene rings is 2. The van der Waals surface area contributed by atoms with E-state index >= 15 is 0 Å². The number of methoxy groups -OCH3 is 2. The lowest BCUT2D eigenvalue weighted by Crippen LogP contribution is -2.27. The Bertz CT molecular complexity index is 931. The van der Waals surface area contributed by atoms with Crippen LogP contribution in [0.5, 0.6) is 11.5 Å². The average molecular weight is 394 g/mol. The van der Waals surface area contributed by atoms with Gasteiger partial charge in [-0.05, 0) is 53.7 Å². The number of imide groups is 1. The summed E-state index contributed by atoms with van der Waals surface area (Å²) in [6, 6.07) is 8.82. The predicted octanol–water partition coefficient (Wildman–Crippen LogP) is 4.74. The summed E-state index contributed by atoms with van der Waals surface area (Å²) in [4.78, 5) is 26.1. The van der Waals surface area contributed by atoms with Crippen molar-refractivity contribution in [1.29, 1.82) is 0 Å². The molecule has 1 aliphatic heterocycles. The molecule has 0 N–H and O–H groups in total. The highest BCUT2D eigenvalue weighted by atomic mass is 35.5. The molecule has 1 aliphatic rings. The zero-order valence-electron chi connectivity index (χ0n) is 13.8. The number of anilines is 1. The first-order valence-corrected chi connectivity index (χ1v) is 8.59. The minimum Gasteiger partial charge on any atom is -0.493 e. The van der Waals surface area contributed by atoms with Crippen LogP contribution in [0.15, 0.2) is 41.3 Å². The number of carbonyl (C=O) groups excluding carboxylic acids is 2. The second-order valence-electron chi connectivity index (χ2n) is 5.23. The third-order valence-electron chi connectivity index (χ3n) is 3.66. The van der Waals surface area contributed by atoms with Crippen LogP contribution < -0.4 is 14.4 Å². The average Bonchev–Trinajstić information content (AvgIpc) is 2.91. The van der Waals surface area contributed by atoms with Gasteiger partial charge in [0.1, 0.15) is 5.82 Å². The first-order chi connectivity index (χ1) is 12.4. The number of hydrogen-bond acceptors (Lipinski definition) is 5. The maximum Gasteiger partial charge on any atom is 0.298 e. The van der Waals surface area contributed by atoms with Gasteiger partial charge in [0.2, 0.25) is 0 Å². The van der Waals surface area contributed by atoms with Crippen molar-refractivity contribution in [2.75, 3.05) is 19.1 Å². The van der Waals surface area contributed by atoms with Gasteiger partial charge in [-0.3, -0.25) is 9.59 Å². The summed E-state index contributed by atoms with van der Waals surface area (Å²) >= 11 is 6.54. The van der Waals surface area contributed by atoms with Crippen LogP contribution in [-0.4, -0.2) is 25.4 Å². The lowest BCUT2D eigenvalue weighted by atomic mass is 10.2. The van der Waals surface area contributed by atoms with Gasteiger partial charge in [0.05, 0.1) is 29.8 Å². The monoisotopic (exact) mass is 393 g/mol. The van der Waals surface area contributed by atoms with Crippen molar-refractivity contribution >= 4 is 46.3 Å². The zero-order chi connectivity index (χ0) is 18.8. The van der Waals surface area contributed by atoms with Gasteiger partial charge in [-0.2, -0.15) is 0 Å². The van der Waals surface area contributed by atoms with Crippen LogP contribution in [0.4, 0.5) is 14.9 Å². The number of amides is 2. The molecular formula is C18H13ClFNO4S. The Labute approximate surface area is 158 Å². The molecule has 0 saturated carbocycles. The van der Waals surface area contributed by atoms with Crippen LogP contribution in [0.25, 0.3) is 6.08 Å². The Hall–Kier alpha value is -2.51. The summed E-state index contributed by atoms with van der Waals surface area (Å²) in [5.41, 5.74) is 0.889. The summed E-state index contributed by atoms with van der Waals surface area (Å²) in [7, 11) is 3.03. The van der Waals surface area contributed by atoms with Crippen LogP contribution in [0.1, 0.15) is 5.56 Å². The number of carbonyl (C=O) groups is 2. The maximum absolute atomic E-state index is 13.3. The number of rotatable bonds is 4. The molecule has 1 fully saturated rings. The highest BCUT2D eigenvalue weighted by Gasteiger charge is 2.36. The lowest BCUT2D eigenvalue weighted by Gasteiger charge is -2.12. The minimum atomic E-state index is -0.622. The fraction of sp³-hybridized carbons (Fsp3) is 0.111. The first-order valence-electron chi connectivity index (χ1n) is 7.39. The van der Waals surface area contributed by atoms with E-state index in [4.69, 9.17) is 21.1 Å². The number of nitrogens with zero attached hydrogens (tertiary/aromatic N) is 1. The van der Waals surface area contributed by atoms with E-state index in [1.807, 2.05) is 0 Å². The molecule has 0 spiro atoms. The van der Waals surface area contributed by atoms with Crippen molar-refractivity contribution in [3.05, 3.63) is 57.7 Å². The van der Waals surface area contributed by atoms with Gasteiger partial charge in [-0.25, -0.2) is 9.29 Å². The second-order valence-corrected chi connectivity index (χ2v) is 6.63. The zero-order valence-corrected chi connectivity index (χ0v) is 15.4. The van der Waals surface area contributed by atoms with Gasteiger partial charge in [-0.1, -0.05) is 17.7 Å². The second kappa shape index (κ2) is 7.39. The van der Waals surface area contributed by atoms with Crippen LogP contribution in [0.3, 0.4) is 0 Å². The molecule has 8 heteroatoms. The third kappa shape index (κ3) is 3.40. The molecule has 0 atom stereocenters. The fourth-order valence-electron chi connectivity index (χ4n) is 2.41. The summed E-state index contributed by atoms with van der Waals surface area (Å²) in [5.74, 6) is -0.0646. The van der Waals surface area contributed by atoms with Crippen molar-refractivity contribution in [3.63, 3.8) is 0 Å². The molecule has 26 heavy (non-hydrogen) atoms. The van der Waals surface area contributed by atoms with Crippen molar-refractivity contribution in [2.24, 2.45) is 0 Å². The van der Waals surface area contributed by atoms with Gasteiger partial charge >= 0.3 is 0 Å². The molecule has 1 heterocycles. The van der Waals surface area contributed by atoms with E-state index in [2.05, 4.69) is 0 Å². The molecule has 0 bridgehead atoms. The van der Waals surface area contributed by atoms with Crippen LogP contribution >= 0.6 is 23.4 Å². The summed E-state index contributed by atoms with van der Waals surface area (Å²) in [5, 5.41) is -0.644. The molecule has 2 amide bonds.